The molecule has 6 heteroatoms. The molecule has 0 radical (unpaired) electrons. The Morgan fingerprint density at radius 2 is 2.17 bits per heavy atom. The number of aromatic nitrogens is 3. The lowest BCUT2D eigenvalue weighted by atomic mass is 10.1. The van der Waals surface area contributed by atoms with Gasteiger partial charge in [-0.25, -0.2) is 9.97 Å². The molecular weight excluding hydrogens is 264 g/mol. The topological polar surface area (TPSA) is 50.7 Å². The van der Waals surface area contributed by atoms with E-state index in [1.54, 1.807) is 18.1 Å². The highest BCUT2D eigenvalue weighted by Gasteiger charge is 2.12. The van der Waals surface area contributed by atoms with Crippen LogP contribution in [0.5, 0.6) is 0 Å². The molecule has 18 heavy (non-hydrogen) atoms. The van der Waals surface area contributed by atoms with Crippen LogP contribution in [0.2, 0.25) is 0 Å². The summed E-state index contributed by atoms with van der Waals surface area (Å²) in [5, 5.41) is 4.46. The van der Waals surface area contributed by atoms with Gasteiger partial charge in [0.1, 0.15) is 11.4 Å². The molecular formula is C12H16N4S2. The van der Waals surface area contributed by atoms with E-state index in [-0.39, 0.29) is 5.54 Å². The average Bonchev–Trinajstić information content (AvgIpc) is 2.80. The largest absolute Gasteiger partial charge is 0.308 e. The van der Waals surface area contributed by atoms with Gasteiger partial charge in [-0.05, 0) is 55.7 Å². The maximum Gasteiger partial charge on any atom is 0.176 e. The summed E-state index contributed by atoms with van der Waals surface area (Å²) in [7, 11) is 0. The molecule has 2 heterocycles. The van der Waals surface area contributed by atoms with Crippen LogP contribution in [0.3, 0.4) is 0 Å². The van der Waals surface area contributed by atoms with E-state index in [1.165, 1.54) is 17.1 Å². The molecule has 96 valence electrons. The third-order valence-electron chi connectivity index (χ3n) is 2.18. The molecule has 0 aliphatic rings. The van der Waals surface area contributed by atoms with Crippen molar-refractivity contribution in [1.29, 1.82) is 0 Å². The molecule has 0 aromatic carbocycles. The highest BCUT2D eigenvalue weighted by atomic mass is 32.2. The van der Waals surface area contributed by atoms with Crippen LogP contribution < -0.4 is 5.32 Å². The van der Waals surface area contributed by atoms with Gasteiger partial charge in [0.15, 0.2) is 4.34 Å². The van der Waals surface area contributed by atoms with E-state index in [9.17, 15) is 0 Å². The Balaban J connectivity index is 2.10. The molecule has 4 nitrogen and oxygen atoms in total. The lowest BCUT2D eigenvalue weighted by Gasteiger charge is -2.21. The number of pyridine rings is 1. The first kappa shape index (κ1) is 13.5. The smallest absolute Gasteiger partial charge is 0.176 e. The van der Waals surface area contributed by atoms with Crippen LogP contribution >= 0.6 is 23.3 Å². The minimum atomic E-state index is 0.0977. The van der Waals surface area contributed by atoms with Gasteiger partial charge in [-0.1, -0.05) is 6.07 Å². The number of rotatable bonds is 4. The molecule has 0 fully saturated rings. The predicted octanol–water partition coefficient (Wildman–Crippen LogP) is 2.97. The van der Waals surface area contributed by atoms with Crippen LogP contribution in [-0.2, 0) is 6.54 Å². The summed E-state index contributed by atoms with van der Waals surface area (Å²) in [6.45, 7) is 7.27. The average molecular weight is 280 g/mol. The summed E-state index contributed by atoms with van der Waals surface area (Å²) in [5.41, 5.74) is 1.29. The molecule has 0 saturated carbocycles. The number of hydrogen-bond acceptors (Lipinski definition) is 6. The van der Waals surface area contributed by atoms with Gasteiger partial charge < -0.3 is 5.32 Å². The Morgan fingerprint density at radius 1 is 1.33 bits per heavy atom. The first-order chi connectivity index (χ1) is 8.54. The quantitative estimate of drug-likeness (QED) is 0.933. The van der Waals surface area contributed by atoms with Crippen LogP contribution in [0.1, 0.15) is 26.3 Å². The summed E-state index contributed by atoms with van der Waals surface area (Å²) in [4.78, 5) is 8.59. The SMILES string of the molecule is CC(C)(C)NCc1cccnc1Sc1ncns1. The van der Waals surface area contributed by atoms with Crippen LogP contribution in [-0.4, -0.2) is 19.9 Å². The third-order valence-corrected chi connectivity index (χ3v) is 3.96. The molecule has 0 aliphatic heterocycles. The molecule has 2 aromatic heterocycles. The summed E-state index contributed by atoms with van der Waals surface area (Å²) in [6.07, 6.45) is 3.38. The zero-order valence-electron chi connectivity index (χ0n) is 10.7. The summed E-state index contributed by atoms with van der Waals surface area (Å²) in [5.74, 6) is 0. The molecule has 0 spiro atoms. The van der Waals surface area contributed by atoms with Crippen molar-refractivity contribution in [2.45, 2.75) is 42.2 Å². The van der Waals surface area contributed by atoms with E-state index in [0.29, 0.717) is 0 Å². The summed E-state index contributed by atoms with van der Waals surface area (Å²) in [6, 6.07) is 4.05. The predicted molar refractivity (Wildman–Crippen MR) is 74.9 cm³/mol. The molecule has 0 aliphatic carbocycles. The van der Waals surface area contributed by atoms with E-state index in [4.69, 9.17) is 0 Å². The van der Waals surface area contributed by atoms with Crippen molar-refractivity contribution in [3.63, 3.8) is 0 Å². The zero-order chi connectivity index (χ0) is 13.0. The standard InChI is InChI=1S/C12H16N4S2/c1-12(2,3)15-7-9-5-4-6-13-10(9)17-11-14-8-16-18-11/h4-6,8,15H,7H2,1-3H3. The van der Waals surface area contributed by atoms with Crippen molar-refractivity contribution in [1.82, 2.24) is 19.7 Å². The molecule has 0 atom stereocenters. The van der Waals surface area contributed by atoms with Gasteiger partial charge in [0.05, 0.1) is 0 Å². The zero-order valence-corrected chi connectivity index (χ0v) is 12.3. The highest BCUT2D eigenvalue weighted by molar-refractivity contribution is 8.00. The molecule has 0 unspecified atom stereocenters. The van der Waals surface area contributed by atoms with Gasteiger partial charge in [-0.3, -0.25) is 0 Å². The lowest BCUT2D eigenvalue weighted by Crippen LogP contribution is -2.35. The Kier molecular flexibility index (Phi) is 4.31. The third kappa shape index (κ3) is 4.04. The maximum atomic E-state index is 4.42. The molecule has 2 aromatic rings. The Bertz CT molecular complexity index is 491. The Morgan fingerprint density at radius 3 is 2.83 bits per heavy atom. The molecule has 0 bridgehead atoms. The van der Waals surface area contributed by atoms with Gasteiger partial charge in [0.25, 0.3) is 0 Å². The van der Waals surface area contributed by atoms with Gasteiger partial charge >= 0.3 is 0 Å². The van der Waals surface area contributed by atoms with Crippen molar-refractivity contribution >= 4 is 23.3 Å². The fourth-order valence-corrected chi connectivity index (χ4v) is 2.75. The molecule has 2 rings (SSSR count). The van der Waals surface area contributed by atoms with Crippen molar-refractivity contribution < 1.29 is 0 Å². The monoisotopic (exact) mass is 280 g/mol. The highest BCUT2D eigenvalue weighted by Crippen LogP contribution is 2.29. The Labute approximate surface area is 115 Å². The Hall–Kier alpha value is -0.980. The second kappa shape index (κ2) is 5.77. The van der Waals surface area contributed by atoms with E-state index < -0.39 is 0 Å². The minimum absolute atomic E-state index is 0.0977. The second-order valence-corrected chi connectivity index (χ2v) is 6.90. The minimum Gasteiger partial charge on any atom is -0.308 e. The normalized spacial score (nSPS) is 11.7. The van der Waals surface area contributed by atoms with Crippen molar-refractivity contribution in [2.75, 3.05) is 0 Å². The van der Waals surface area contributed by atoms with Crippen LogP contribution in [0.25, 0.3) is 0 Å². The van der Waals surface area contributed by atoms with Crippen molar-refractivity contribution in [2.24, 2.45) is 0 Å². The van der Waals surface area contributed by atoms with Crippen LogP contribution in [0, 0.1) is 0 Å². The van der Waals surface area contributed by atoms with E-state index in [1.807, 2.05) is 12.3 Å². The van der Waals surface area contributed by atoms with E-state index >= 15 is 0 Å². The second-order valence-electron chi connectivity index (χ2n) is 4.88. The van der Waals surface area contributed by atoms with Crippen LogP contribution in [0.15, 0.2) is 34.0 Å². The number of hydrogen-bond donors (Lipinski definition) is 1. The number of nitrogens with zero attached hydrogens (tertiary/aromatic N) is 3. The van der Waals surface area contributed by atoms with Crippen molar-refractivity contribution in [3.8, 4) is 0 Å². The molecule has 1 N–H and O–H groups in total. The summed E-state index contributed by atoms with van der Waals surface area (Å²) >= 11 is 2.96. The first-order valence-corrected chi connectivity index (χ1v) is 7.27. The van der Waals surface area contributed by atoms with Gasteiger partial charge in [0, 0.05) is 18.3 Å². The van der Waals surface area contributed by atoms with E-state index in [2.05, 4.69) is 46.5 Å². The maximum absolute atomic E-state index is 4.42. The first-order valence-electron chi connectivity index (χ1n) is 5.68. The summed E-state index contributed by atoms with van der Waals surface area (Å²) < 4.78 is 4.92. The van der Waals surface area contributed by atoms with Crippen molar-refractivity contribution in [3.05, 3.63) is 30.2 Å². The van der Waals surface area contributed by atoms with Gasteiger partial charge in [0.2, 0.25) is 0 Å². The number of nitrogens with one attached hydrogen (secondary N) is 1. The lowest BCUT2D eigenvalue weighted by molar-refractivity contribution is 0.422. The van der Waals surface area contributed by atoms with Gasteiger partial charge in [-0.15, -0.1) is 0 Å². The molecule has 0 amide bonds. The van der Waals surface area contributed by atoms with E-state index in [0.717, 1.165) is 15.9 Å². The molecule has 0 saturated heterocycles. The van der Waals surface area contributed by atoms with Gasteiger partial charge in [-0.2, -0.15) is 4.37 Å². The fourth-order valence-electron chi connectivity index (χ4n) is 1.30. The fraction of sp³-hybridized carbons (Fsp3) is 0.417. The van der Waals surface area contributed by atoms with Crippen LogP contribution in [0.4, 0.5) is 0 Å².